The highest BCUT2D eigenvalue weighted by atomic mass is 19.1. The molecule has 3 heterocycles. The summed E-state index contributed by atoms with van der Waals surface area (Å²) >= 11 is 0. The summed E-state index contributed by atoms with van der Waals surface area (Å²) in [6, 6.07) is 9.17. The Labute approximate surface area is 130 Å². The van der Waals surface area contributed by atoms with Gasteiger partial charge in [0.25, 0.3) is 0 Å². The van der Waals surface area contributed by atoms with Crippen LogP contribution in [0.25, 0.3) is 0 Å². The molecular weight excluding hydrogens is 281 g/mol. The molecule has 0 aliphatic carbocycles. The van der Waals surface area contributed by atoms with Crippen molar-refractivity contribution in [2.75, 3.05) is 13.8 Å². The van der Waals surface area contributed by atoms with Crippen LogP contribution in [0.3, 0.4) is 0 Å². The highest BCUT2D eigenvalue weighted by Crippen LogP contribution is 2.68. The summed E-state index contributed by atoms with van der Waals surface area (Å²) < 4.78 is 17.9. The van der Waals surface area contributed by atoms with Gasteiger partial charge in [0, 0.05) is 23.5 Å². The molecule has 3 aliphatic heterocycles. The Hall–Kier alpha value is -1.42. The van der Waals surface area contributed by atoms with Crippen molar-refractivity contribution in [1.29, 1.82) is 0 Å². The first-order chi connectivity index (χ1) is 10.6. The van der Waals surface area contributed by atoms with Crippen LogP contribution in [-0.2, 0) is 9.53 Å². The fraction of sp³-hybridized carbons (Fsp3) is 0.611. The van der Waals surface area contributed by atoms with E-state index in [1.54, 1.807) is 0 Å². The van der Waals surface area contributed by atoms with E-state index >= 15 is 0 Å². The molecule has 0 amide bonds. The summed E-state index contributed by atoms with van der Waals surface area (Å²) in [6.07, 6.45) is 2.51. The Morgan fingerprint density at radius 3 is 2.77 bits per heavy atom. The van der Waals surface area contributed by atoms with E-state index in [2.05, 4.69) is 36.1 Å². The Morgan fingerprint density at radius 2 is 2.14 bits per heavy atom. The number of carbonyl (C=O) groups is 1. The van der Waals surface area contributed by atoms with Gasteiger partial charge in [-0.25, -0.2) is 0 Å². The van der Waals surface area contributed by atoms with Crippen molar-refractivity contribution in [1.82, 2.24) is 4.90 Å². The van der Waals surface area contributed by atoms with Gasteiger partial charge in [-0.1, -0.05) is 29.8 Å². The first-order valence-corrected chi connectivity index (χ1v) is 8.11. The number of methoxy groups -OCH3 is 1. The summed E-state index contributed by atoms with van der Waals surface area (Å²) in [6.45, 7) is 1.80. The first-order valence-electron chi connectivity index (χ1n) is 8.11. The molecular formula is C18H22FNO2. The molecule has 3 fully saturated rings. The SMILES string of the molecule is COC(=O)[C@H]1[C@@H](c2ccc(C)cc2)C[C@H]2N3[C@@H]1CC23CCF. The average Bonchev–Trinajstić information content (AvgIpc) is 3.07. The second-order valence-corrected chi connectivity index (χ2v) is 7.04. The van der Waals surface area contributed by atoms with Crippen molar-refractivity contribution >= 4 is 5.97 Å². The van der Waals surface area contributed by atoms with E-state index < -0.39 is 0 Å². The minimum absolute atomic E-state index is 0.0606. The third-order valence-electron chi connectivity index (χ3n) is 6.15. The van der Waals surface area contributed by atoms with Gasteiger partial charge in [-0.3, -0.25) is 14.1 Å². The molecule has 4 rings (SSSR count). The molecule has 4 heteroatoms. The van der Waals surface area contributed by atoms with Gasteiger partial charge in [0.1, 0.15) is 0 Å². The lowest BCUT2D eigenvalue weighted by atomic mass is 9.75. The summed E-state index contributed by atoms with van der Waals surface area (Å²) in [5, 5.41) is 0. The van der Waals surface area contributed by atoms with Gasteiger partial charge in [0.15, 0.2) is 0 Å². The highest BCUT2D eigenvalue weighted by Gasteiger charge is 2.77. The van der Waals surface area contributed by atoms with E-state index in [0.29, 0.717) is 12.5 Å². The number of piperidine rings is 1. The van der Waals surface area contributed by atoms with Crippen molar-refractivity contribution in [2.45, 2.75) is 49.7 Å². The Balaban J connectivity index is 1.65. The maximum Gasteiger partial charge on any atom is 0.310 e. The number of fused-ring (bicyclic) bond motifs is 1. The van der Waals surface area contributed by atoms with E-state index in [0.717, 1.165) is 12.8 Å². The number of alkyl halides is 1. The van der Waals surface area contributed by atoms with Crippen molar-refractivity contribution < 1.29 is 13.9 Å². The molecule has 3 nitrogen and oxygen atoms in total. The number of aryl methyl sites for hydroxylation is 1. The lowest BCUT2D eigenvalue weighted by Crippen LogP contribution is -2.51. The van der Waals surface area contributed by atoms with Crippen LogP contribution in [-0.4, -0.2) is 42.3 Å². The topological polar surface area (TPSA) is 29.3 Å². The van der Waals surface area contributed by atoms with Crippen molar-refractivity contribution in [3.63, 3.8) is 0 Å². The maximum atomic E-state index is 12.9. The number of hydrogen-bond donors (Lipinski definition) is 0. The third-order valence-corrected chi connectivity index (χ3v) is 6.15. The predicted molar refractivity (Wildman–Crippen MR) is 81.4 cm³/mol. The Morgan fingerprint density at radius 1 is 1.41 bits per heavy atom. The number of nitrogens with zero attached hydrogens (tertiary/aromatic N) is 1. The Kier molecular flexibility index (Phi) is 3.09. The molecule has 0 N–H and O–H groups in total. The van der Waals surface area contributed by atoms with Crippen LogP contribution in [0.5, 0.6) is 0 Å². The van der Waals surface area contributed by atoms with E-state index in [1.807, 2.05) is 0 Å². The fourth-order valence-corrected chi connectivity index (χ4v) is 5.08. The smallest absolute Gasteiger partial charge is 0.310 e. The van der Waals surface area contributed by atoms with Crippen molar-refractivity contribution in [3.8, 4) is 0 Å². The summed E-state index contributed by atoms with van der Waals surface area (Å²) in [5.74, 6) is -0.0303. The highest BCUT2D eigenvalue weighted by molar-refractivity contribution is 5.76. The molecule has 2 unspecified atom stereocenters. The fourth-order valence-electron chi connectivity index (χ4n) is 5.08. The summed E-state index contributed by atoms with van der Waals surface area (Å²) in [4.78, 5) is 14.7. The van der Waals surface area contributed by atoms with E-state index in [4.69, 9.17) is 4.74 Å². The molecule has 0 saturated carbocycles. The lowest BCUT2D eigenvalue weighted by Gasteiger charge is -2.43. The van der Waals surface area contributed by atoms with Gasteiger partial charge < -0.3 is 4.74 Å². The predicted octanol–water partition coefficient (Wildman–Crippen LogP) is 2.83. The number of esters is 1. The monoisotopic (exact) mass is 303 g/mol. The third kappa shape index (κ3) is 1.73. The van der Waals surface area contributed by atoms with Gasteiger partial charge >= 0.3 is 5.97 Å². The normalized spacial score (nSPS) is 41.3. The summed E-state index contributed by atoms with van der Waals surface area (Å²) in [7, 11) is 1.47. The number of rotatable bonds is 4. The molecule has 118 valence electrons. The molecule has 3 saturated heterocycles. The van der Waals surface area contributed by atoms with Gasteiger partial charge in [-0.15, -0.1) is 0 Å². The number of carbonyl (C=O) groups excluding carboxylic acids is 1. The van der Waals surface area contributed by atoms with Crippen molar-refractivity contribution in [3.05, 3.63) is 35.4 Å². The standard InChI is InChI=1S/C18H22FNO2/c1-11-3-5-12(6-4-11)13-9-15-18(7-8-19)10-14(20(15)18)16(13)17(21)22-2/h3-6,13-16H,7-10H2,1-2H3/t13-,14-,15-,16+,18?,20?/m1/s1. The molecule has 6 atom stereocenters. The van der Waals surface area contributed by atoms with Gasteiger partial charge in [-0.2, -0.15) is 0 Å². The number of halogens is 1. The minimum atomic E-state index is -0.266. The molecule has 0 radical (unpaired) electrons. The number of hydrogen-bond acceptors (Lipinski definition) is 3. The average molecular weight is 303 g/mol. The quantitative estimate of drug-likeness (QED) is 0.633. The molecule has 3 aliphatic rings. The van der Waals surface area contributed by atoms with Crippen LogP contribution in [0.15, 0.2) is 24.3 Å². The second-order valence-electron chi connectivity index (χ2n) is 7.04. The van der Waals surface area contributed by atoms with Crippen LogP contribution in [0, 0.1) is 12.8 Å². The minimum Gasteiger partial charge on any atom is -0.469 e. The lowest BCUT2D eigenvalue weighted by molar-refractivity contribution is -0.151. The van der Waals surface area contributed by atoms with Gasteiger partial charge in [-0.05, 0) is 31.7 Å². The van der Waals surface area contributed by atoms with E-state index in [9.17, 15) is 9.18 Å². The maximum absolute atomic E-state index is 12.9. The van der Waals surface area contributed by atoms with Crippen molar-refractivity contribution in [2.24, 2.45) is 5.92 Å². The second kappa shape index (κ2) is 4.79. The molecule has 0 aromatic heterocycles. The van der Waals surface area contributed by atoms with E-state index in [1.165, 1.54) is 18.2 Å². The van der Waals surface area contributed by atoms with Gasteiger partial charge in [0.2, 0.25) is 0 Å². The zero-order valence-electron chi connectivity index (χ0n) is 13.1. The zero-order valence-corrected chi connectivity index (χ0v) is 13.1. The largest absolute Gasteiger partial charge is 0.469 e. The summed E-state index contributed by atoms with van der Waals surface area (Å²) in [5.41, 5.74) is 2.50. The molecule has 1 aromatic rings. The van der Waals surface area contributed by atoms with Crippen LogP contribution >= 0.6 is 0 Å². The number of ether oxygens (including phenoxy) is 1. The molecule has 22 heavy (non-hydrogen) atoms. The molecule has 0 bridgehead atoms. The molecule has 1 aromatic carbocycles. The zero-order chi connectivity index (χ0) is 15.5. The van der Waals surface area contributed by atoms with Crippen LogP contribution < -0.4 is 0 Å². The van der Waals surface area contributed by atoms with Crippen LogP contribution in [0.4, 0.5) is 4.39 Å². The van der Waals surface area contributed by atoms with E-state index in [-0.39, 0.29) is 36.1 Å². The molecule has 0 spiro atoms. The van der Waals surface area contributed by atoms with Crippen LogP contribution in [0.2, 0.25) is 0 Å². The van der Waals surface area contributed by atoms with Crippen LogP contribution in [0.1, 0.15) is 36.3 Å². The van der Waals surface area contributed by atoms with Gasteiger partial charge in [0.05, 0.1) is 19.7 Å². The Bertz CT molecular complexity index is 602. The first kappa shape index (κ1) is 14.2. The number of benzene rings is 1.